The van der Waals surface area contributed by atoms with E-state index in [4.69, 9.17) is 11.6 Å². The van der Waals surface area contributed by atoms with Crippen LogP contribution in [0.4, 0.5) is 0 Å². The molecule has 2 unspecified atom stereocenters. The third kappa shape index (κ3) is 3.50. The molecule has 0 aromatic rings. The summed E-state index contributed by atoms with van der Waals surface area (Å²) in [6.07, 6.45) is 7.95. The summed E-state index contributed by atoms with van der Waals surface area (Å²) in [4.78, 5) is 0. The molecule has 0 radical (unpaired) electrons. The van der Waals surface area contributed by atoms with Gasteiger partial charge in [-0.25, -0.2) is 0 Å². The Morgan fingerprint density at radius 3 is 2.62 bits per heavy atom. The van der Waals surface area contributed by atoms with E-state index < -0.39 is 0 Å². The SMILES string of the molecule is CCC(Cl)C1CCCC(C)(C)CC1. The Kier molecular flexibility index (Phi) is 4.09. The summed E-state index contributed by atoms with van der Waals surface area (Å²) in [6, 6.07) is 0. The first-order chi connectivity index (χ1) is 6.05. The summed E-state index contributed by atoms with van der Waals surface area (Å²) in [5, 5.41) is 0.425. The Morgan fingerprint density at radius 1 is 1.31 bits per heavy atom. The molecule has 1 heteroatoms. The molecule has 0 heterocycles. The quantitative estimate of drug-likeness (QED) is 0.453. The molecule has 0 aromatic carbocycles. The fraction of sp³-hybridized carbons (Fsp3) is 1.00. The van der Waals surface area contributed by atoms with E-state index in [0.717, 1.165) is 12.3 Å². The van der Waals surface area contributed by atoms with Gasteiger partial charge in [0, 0.05) is 5.38 Å². The zero-order valence-electron chi connectivity index (χ0n) is 9.28. The number of rotatable bonds is 2. The van der Waals surface area contributed by atoms with Crippen molar-refractivity contribution in [3.63, 3.8) is 0 Å². The highest BCUT2D eigenvalue weighted by Crippen LogP contribution is 2.38. The van der Waals surface area contributed by atoms with Gasteiger partial charge in [0.1, 0.15) is 0 Å². The topological polar surface area (TPSA) is 0 Å². The Morgan fingerprint density at radius 2 is 2.00 bits per heavy atom. The molecule has 0 aromatic heterocycles. The molecule has 0 nitrogen and oxygen atoms in total. The van der Waals surface area contributed by atoms with Crippen molar-refractivity contribution in [2.75, 3.05) is 0 Å². The summed E-state index contributed by atoms with van der Waals surface area (Å²) >= 11 is 6.31. The smallest absolute Gasteiger partial charge is 0.0361 e. The number of hydrogen-bond donors (Lipinski definition) is 0. The Labute approximate surface area is 88.1 Å². The van der Waals surface area contributed by atoms with E-state index in [1.807, 2.05) is 0 Å². The van der Waals surface area contributed by atoms with Crippen LogP contribution in [0.25, 0.3) is 0 Å². The van der Waals surface area contributed by atoms with Gasteiger partial charge in [0.05, 0.1) is 0 Å². The van der Waals surface area contributed by atoms with Crippen LogP contribution in [0, 0.1) is 11.3 Å². The van der Waals surface area contributed by atoms with Gasteiger partial charge in [-0.05, 0) is 43.4 Å². The van der Waals surface area contributed by atoms with Crippen molar-refractivity contribution < 1.29 is 0 Å². The van der Waals surface area contributed by atoms with Crippen molar-refractivity contribution in [3.05, 3.63) is 0 Å². The van der Waals surface area contributed by atoms with Gasteiger partial charge in [-0.3, -0.25) is 0 Å². The average molecular weight is 203 g/mol. The van der Waals surface area contributed by atoms with Crippen molar-refractivity contribution in [2.24, 2.45) is 11.3 Å². The zero-order valence-corrected chi connectivity index (χ0v) is 10.0. The molecule has 0 aliphatic heterocycles. The molecule has 1 rings (SSSR count). The second-order valence-electron chi connectivity index (χ2n) is 5.28. The van der Waals surface area contributed by atoms with E-state index in [1.165, 1.54) is 32.1 Å². The second-order valence-corrected chi connectivity index (χ2v) is 5.84. The highest BCUT2D eigenvalue weighted by molar-refractivity contribution is 6.20. The number of hydrogen-bond acceptors (Lipinski definition) is 0. The molecule has 0 amide bonds. The molecule has 1 fully saturated rings. The van der Waals surface area contributed by atoms with Crippen LogP contribution in [0.1, 0.15) is 59.3 Å². The highest BCUT2D eigenvalue weighted by atomic mass is 35.5. The van der Waals surface area contributed by atoms with Crippen molar-refractivity contribution in [3.8, 4) is 0 Å². The standard InChI is InChI=1S/C12H23Cl/c1-4-11(13)10-6-5-8-12(2,3)9-7-10/h10-11H,4-9H2,1-3H3. The van der Waals surface area contributed by atoms with E-state index in [0.29, 0.717) is 10.8 Å². The third-order valence-electron chi connectivity index (χ3n) is 3.52. The lowest BCUT2D eigenvalue weighted by Crippen LogP contribution is -2.14. The van der Waals surface area contributed by atoms with Crippen LogP contribution >= 0.6 is 11.6 Å². The van der Waals surface area contributed by atoms with Crippen LogP contribution < -0.4 is 0 Å². The van der Waals surface area contributed by atoms with Gasteiger partial charge in [0.2, 0.25) is 0 Å². The lowest BCUT2D eigenvalue weighted by molar-refractivity contribution is 0.306. The fourth-order valence-electron chi connectivity index (χ4n) is 2.38. The maximum atomic E-state index is 6.31. The van der Waals surface area contributed by atoms with Crippen LogP contribution in [0.5, 0.6) is 0 Å². The normalized spacial score (nSPS) is 30.9. The van der Waals surface area contributed by atoms with Crippen molar-refractivity contribution in [2.45, 2.75) is 64.7 Å². The summed E-state index contributed by atoms with van der Waals surface area (Å²) < 4.78 is 0. The van der Waals surface area contributed by atoms with Crippen LogP contribution in [0.2, 0.25) is 0 Å². The van der Waals surface area contributed by atoms with Crippen molar-refractivity contribution >= 4 is 11.6 Å². The molecule has 0 bridgehead atoms. The van der Waals surface area contributed by atoms with Crippen molar-refractivity contribution in [1.82, 2.24) is 0 Å². The van der Waals surface area contributed by atoms with Crippen LogP contribution in [0.15, 0.2) is 0 Å². The largest absolute Gasteiger partial charge is 0.123 e. The van der Waals surface area contributed by atoms with E-state index in [-0.39, 0.29) is 0 Å². The van der Waals surface area contributed by atoms with Crippen LogP contribution in [0.3, 0.4) is 0 Å². The Balaban J connectivity index is 2.45. The maximum Gasteiger partial charge on any atom is 0.0361 e. The van der Waals surface area contributed by atoms with Gasteiger partial charge in [0.25, 0.3) is 0 Å². The van der Waals surface area contributed by atoms with Gasteiger partial charge >= 0.3 is 0 Å². The molecular formula is C12H23Cl. The van der Waals surface area contributed by atoms with E-state index in [2.05, 4.69) is 20.8 Å². The number of alkyl halides is 1. The molecule has 1 saturated carbocycles. The maximum absolute atomic E-state index is 6.31. The van der Waals surface area contributed by atoms with Gasteiger partial charge in [-0.1, -0.05) is 27.2 Å². The molecule has 2 atom stereocenters. The summed E-state index contributed by atoms with van der Waals surface area (Å²) in [5.74, 6) is 0.786. The second kappa shape index (κ2) is 4.68. The van der Waals surface area contributed by atoms with Gasteiger partial charge in [-0.2, -0.15) is 0 Å². The Bertz CT molecular complexity index is 151. The third-order valence-corrected chi connectivity index (χ3v) is 4.19. The van der Waals surface area contributed by atoms with E-state index in [1.54, 1.807) is 0 Å². The van der Waals surface area contributed by atoms with Crippen LogP contribution in [-0.2, 0) is 0 Å². The molecule has 1 aliphatic carbocycles. The molecule has 13 heavy (non-hydrogen) atoms. The first kappa shape index (κ1) is 11.4. The average Bonchev–Trinajstić information content (AvgIpc) is 2.25. The predicted octanol–water partition coefficient (Wildman–Crippen LogP) is 4.61. The molecule has 0 N–H and O–H groups in total. The fourth-order valence-corrected chi connectivity index (χ4v) is 2.64. The molecular weight excluding hydrogens is 180 g/mol. The molecule has 78 valence electrons. The Hall–Kier alpha value is 0.290. The number of halogens is 1. The van der Waals surface area contributed by atoms with Gasteiger partial charge < -0.3 is 0 Å². The highest BCUT2D eigenvalue weighted by Gasteiger charge is 2.27. The molecule has 0 spiro atoms. The monoisotopic (exact) mass is 202 g/mol. The first-order valence-electron chi connectivity index (χ1n) is 5.69. The lowest BCUT2D eigenvalue weighted by atomic mass is 9.84. The first-order valence-corrected chi connectivity index (χ1v) is 6.13. The summed E-state index contributed by atoms with van der Waals surface area (Å²) in [7, 11) is 0. The van der Waals surface area contributed by atoms with Crippen LogP contribution in [-0.4, -0.2) is 5.38 Å². The molecule has 0 saturated heterocycles. The minimum atomic E-state index is 0.425. The van der Waals surface area contributed by atoms with Gasteiger partial charge in [0.15, 0.2) is 0 Å². The molecule has 1 aliphatic rings. The minimum Gasteiger partial charge on any atom is -0.123 e. The summed E-state index contributed by atoms with van der Waals surface area (Å²) in [6.45, 7) is 6.99. The van der Waals surface area contributed by atoms with Gasteiger partial charge in [-0.15, -0.1) is 11.6 Å². The van der Waals surface area contributed by atoms with E-state index in [9.17, 15) is 0 Å². The lowest BCUT2D eigenvalue weighted by Gasteiger charge is -2.23. The van der Waals surface area contributed by atoms with E-state index >= 15 is 0 Å². The predicted molar refractivity (Wildman–Crippen MR) is 60.3 cm³/mol. The van der Waals surface area contributed by atoms with Crippen molar-refractivity contribution in [1.29, 1.82) is 0 Å². The minimum absolute atomic E-state index is 0.425. The zero-order chi connectivity index (χ0) is 9.90. The summed E-state index contributed by atoms with van der Waals surface area (Å²) in [5.41, 5.74) is 0.569.